The van der Waals surface area contributed by atoms with E-state index in [9.17, 15) is 0 Å². The van der Waals surface area contributed by atoms with Gasteiger partial charge in [0.25, 0.3) is 0 Å². The minimum absolute atomic E-state index is 0.0638. The molecule has 0 aliphatic carbocycles. The van der Waals surface area contributed by atoms with Gasteiger partial charge in [0.15, 0.2) is 0 Å². The second kappa shape index (κ2) is 5.87. The lowest BCUT2D eigenvalue weighted by Gasteiger charge is -2.43. The van der Waals surface area contributed by atoms with E-state index in [4.69, 9.17) is 5.73 Å². The number of nitrogens with zero attached hydrogens (tertiary/aromatic N) is 3. The maximum Gasteiger partial charge on any atom is 0.109 e. The van der Waals surface area contributed by atoms with Crippen molar-refractivity contribution in [2.75, 3.05) is 26.2 Å². The van der Waals surface area contributed by atoms with Gasteiger partial charge in [-0.05, 0) is 26.3 Å². The van der Waals surface area contributed by atoms with Gasteiger partial charge in [-0.3, -0.25) is 9.80 Å². The van der Waals surface area contributed by atoms with Crippen LogP contribution in [0.4, 0.5) is 0 Å². The van der Waals surface area contributed by atoms with Crippen LogP contribution in [0, 0.1) is 0 Å². The molecule has 3 rings (SSSR count). The van der Waals surface area contributed by atoms with E-state index in [1.54, 1.807) is 11.3 Å². The molecule has 3 heterocycles. The molecule has 0 saturated carbocycles. The lowest BCUT2D eigenvalue weighted by Crippen LogP contribution is -2.54. The van der Waals surface area contributed by atoms with Gasteiger partial charge in [0.05, 0.1) is 11.7 Å². The normalized spacial score (nSPS) is 27.2. The number of nitrogens with two attached hydrogens (primary N) is 1. The first-order valence-electron chi connectivity index (χ1n) is 7.38. The van der Waals surface area contributed by atoms with Crippen LogP contribution in [-0.2, 0) is 6.54 Å². The first kappa shape index (κ1) is 13.5. The molecule has 106 valence electrons. The summed E-state index contributed by atoms with van der Waals surface area (Å²) in [4.78, 5) is 9.88. The summed E-state index contributed by atoms with van der Waals surface area (Å²) < 4.78 is 0. The second-order valence-corrected chi connectivity index (χ2v) is 6.78. The van der Waals surface area contributed by atoms with Crippen LogP contribution in [0.2, 0.25) is 0 Å². The van der Waals surface area contributed by atoms with Crippen LogP contribution < -0.4 is 5.73 Å². The summed E-state index contributed by atoms with van der Waals surface area (Å²) in [6, 6.07) is 0.850. The predicted molar refractivity (Wildman–Crippen MR) is 79.2 cm³/mol. The molecule has 0 radical (unpaired) electrons. The van der Waals surface area contributed by atoms with Crippen LogP contribution in [0.15, 0.2) is 5.38 Å². The molecule has 2 saturated heterocycles. The summed E-state index contributed by atoms with van der Waals surface area (Å²) in [6.07, 6.45) is 4.17. The molecule has 2 unspecified atom stereocenters. The molecule has 2 fully saturated rings. The van der Waals surface area contributed by atoms with Gasteiger partial charge in [0.2, 0.25) is 0 Å². The zero-order valence-electron chi connectivity index (χ0n) is 11.7. The maximum absolute atomic E-state index is 5.88. The van der Waals surface area contributed by atoms with Gasteiger partial charge in [-0.15, -0.1) is 11.3 Å². The standard InChI is InChI=1S/C14H24N4S/c1-11(15)14-16-12(10-19-14)8-17-6-7-18-5-3-2-4-13(18)9-17/h10-11,13H,2-9,15H2,1H3. The van der Waals surface area contributed by atoms with E-state index >= 15 is 0 Å². The van der Waals surface area contributed by atoms with Crippen molar-refractivity contribution in [2.24, 2.45) is 5.73 Å². The Bertz CT molecular complexity index is 417. The molecule has 0 aromatic carbocycles. The molecule has 0 spiro atoms. The van der Waals surface area contributed by atoms with Crippen molar-refractivity contribution in [3.05, 3.63) is 16.1 Å². The van der Waals surface area contributed by atoms with Crippen LogP contribution in [0.1, 0.15) is 42.9 Å². The zero-order chi connectivity index (χ0) is 13.2. The Labute approximate surface area is 119 Å². The Kier molecular flexibility index (Phi) is 4.17. The molecule has 0 amide bonds. The number of rotatable bonds is 3. The average Bonchev–Trinajstić information content (AvgIpc) is 2.87. The van der Waals surface area contributed by atoms with Gasteiger partial charge in [-0.1, -0.05) is 6.42 Å². The molecular weight excluding hydrogens is 256 g/mol. The number of piperidine rings is 1. The van der Waals surface area contributed by atoms with Gasteiger partial charge >= 0.3 is 0 Å². The number of fused-ring (bicyclic) bond motifs is 1. The zero-order valence-corrected chi connectivity index (χ0v) is 12.5. The molecule has 1 aromatic rings. The van der Waals surface area contributed by atoms with Crippen LogP contribution in [-0.4, -0.2) is 47.0 Å². The van der Waals surface area contributed by atoms with Gasteiger partial charge in [0.1, 0.15) is 5.01 Å². The number of aromatic nitrogens is 1. The number of hydrogen-bond acceptors (Lipinski definition) is 5. The highest BCUT2D eigenvalue weighted by molar-refractivity contribution is 7.09. The number of piperazine rings is 1. The van der Waals surface area contributed by atoms with E-state index in [1.807, 2.05) is 6.92 Å². The minimum Gasteiger partial charge on any atom is -0.322 e. The van der Waals surface area contributed by atoms with Crippen LogP contribution in [0.3, 0.4) is 0 Å². The Morgan fingerprint density at radius 3 is 3.11 bits per heavy atom. The van der Waals surface area contributed by atoms with Crippen molar-refractivity contribution in [3.63, 3.8) is 0 Å². The van der Waals surface area contributed by atoms with E-state index in [1.165, 1.54) is 51.1 Å². The molecular formula is C14H24N4S. The van der Waals surface area contributed by atoms with E-state index in [0.717, 1.165) is 17.6 Å². The second-order valence-electron chi connectivity index (χ2n) is 5.89. The molecule has 2 aliphatic rings. The van der Waals surface area contributed by atoms with E-state index in [-0.39, 0.29) is 6.04 Å². The highest BCUT2D eigenvalue weighted by atomic mass is 32.1. The molecule has 1 aromatic heterocycles. The summed E-state index contributed by atoms with van der Waals surface area (Å²) >= 11 is 1.70. The van der Waals surface area contributed by atoms with Crippen molar-refractivity contribution < 1.29 is 0 Å². The smallest absolute Gasteiger partial charge is 0.109 e. The molecule has 19 heavy (non-hydrogen) atoms. The fraction of sp³-hybridized carbons (Fsp3) is 0.786. The monoisotopic (exact) mass is 280 g/mol. The van der Waals surface area contributed by atoms with Crippen molar-refractivity contribution in [2.45, 2.75) is 44.8 Å². The van der Waals surface area contributed by atoms with Gasteiger partial charge in [-0.25, -0.2) is 4.98 Å². The molecule has 2 aliphatic heterocycles. The molecule has 2 atom stereocenters. The van der Waals surface area contributed by atoms with Crippen LogP contribution in [0.25, 0.3) is 0 Å². The van der Waals surface area contributed by atoms with E-state index in [0.29, 0.717) is 0 Å². The van der Waals surface area contributed by atoms with Crippen molar-refractivity contribution in [3.8, 4) is 0 Å². The Hall–Kier alpha value is -0.490. The predicted octanol–water partition coefficient (Wildman–Crippen LogP) is 1.83. The lowest BCUT2D eigenvalue weighted by molar-refractivity contribution is 0.0452. The van der Waals surface area contributed by atoms with Crippen LogP contribution in [0.5, 0.6) is 0 Å². The lowest BCUT2D eigenvalue weighted by atomic mass is 9.99. The summed E-state index contributed by atoms with van der Waals surface area (Å²) in [5.74, 6) is 0. The Balaban J connectivity index is 1.57. The fourth-order valence-electron chi connectivity index (χ4n) is 3.20. The molecule has 2 N–H and O–H groups in total. The Morgan fingerprint density at radius 1 is 1.42 bits per heavy atom. The highest BCUT2D eigenvalue weighted by Crippen LogP contribution is 2.23. The quantitative estimate of drug-likeness (QED) is 0.917. The SMILES string of the molecule is CC(N)c1nc(CN2CCN3CCCCC3C2)cs1. The van der Waals surface area contributed by atoms with Crippen molar-refractivity contribution in [1.82, 2.24) is 14.8 Å². The molecule has 4 nitrogen and oxygen atoms in total. The average molecular weight is 280 g/mol. The maximum atomic E-state index is 5.88. The van der Waals surface area contributed by atoms with Crippen molar-refractivity contribution >= 4 is 11.3 Å². The minimum atomic E-state index is 0.0638. The third-order valence-corrected chi connectivity index (χ3v) is 5.36. The summed E-state index contributed by atoms with van der Waals surface area (Å²) in [5.41, 5.74) is 7.07. The Morgan fingerprint density at radius 2 is 2.32 bits per heavy atom. The third-order valence-electron chi connectivity index (χ3n) is 4.27. The number of hydrogen-bond donors (Lipinski definition) is 1. The van der Waals surface area contributed by atoms with Gasteiger partial charge < -0.3 is 5.73 Å². The van der Waals surface area contributed by atoms with Gasteiger partial charge in [-0.2, -0.15) is 0 Å². The largest absolute Gasteiger partial charge is 0.322 e. The topological polar surface area (TPSA) is 45.4 Å². The van der Waals surface area contributed by atoms with E-state index < -0.39 is 0 Å². The number of thiazole rings is 1. The van der Waals surface area contributed by atoms with E-state index in [2.05, 4.69) is 20.2 Å². The first-order valence-corrected chi connectivity index (χ1v) is 8.26. The molecule has 0 bridgehead atoms. The summed E-state index contributed by atoms with van der Waals surface area (Å²) in [6.45, 7) is 7.93. The summed E-state index contributed by atoms with van der Waals surface area (Å²) in [5, 5.41) is 3.23. The van der Waals surface area contributed by atoms with Crippen LogP contribution >= 0.6 is 11.3 Å². The molecule has 5 heteroatoms. The first-order chi connectivity index (χ1) is 9.22. The summed E-state index contributed by atoms with van der Waals surface area (Å²) in [7, 11) is 0. The van der Waals surface area contributed by atoms with Gasteiger partial charge in [0, 0.05) is 37.6 Å². The highest BCUT2D eigenvalue weighted by Gasteiger charge is 2.28. The fourth-order valence-corrected chi connectivity index (χ4v) is 3.97. The van der Waals surface area contributed by atoms with Crippen molar-refractivity contribution in [1.29, 1.82) is 0 Å². The third kappa shape index (κ3) is 3.16.